The monoisotopic (exact) mass is 410 g/mol. The van der Waals surface area contributed by atoms with E-state index < -0.39 is 48.4 Å². The highest BCUT2D eigenvalue weighted by molar-refractivity contribution is 6.73. The van der Waals surface area contributed by atoms with Crippen molar-refractivity contribution in [2.24, 2.45) is 10.8 Å². The van der Waals surface area contributed by atoms with Crippen LogP contribution in [0.2, 0.25) is 18.1 Å². The molecule has 2 aliphatic carbocycles. The topological polar surface area (TPSA) is 99.1 Å². The van der Waals surface area contributed by atoms with Crippen LogP contribution < -0.4 is 0 Å². The molecular weight excluding hydrogens is 380 g/mol. The van der Waals surface area contributed by atoms with Crippen molar-refractivity contribution in [1.29, 1.82) is 0 Å². The van der Waals surface area contributed by atoms with Crippen LogP contribution in [0.3, 0.4) is 0 Å². The Kier molecular flexibility index (Phi) is 4.21. The van der Waals surface area contributed by atoms with Crippen molar-refractivity contribution < 1.29 is 33.4 Å². The molecule has 0 amide bonds. The number of rotatable bonds is 5. The zero-order valence-electron chi connectivity index (χ0n) is 17.1. The molecule has 2 saturated carbocycles. The Labute approximate surface area is 166 Å². The molecule has 0 aromatic carbocycles. The molecule has 0 spiro atoms. The average Bonchev–Trinajstić information content (AvgIpc) is 3.22. The summed E-state index contributed by atoms with van der Waals surface area (Å²) in [6.07, 6.45) is -0.156. The van der Waals surface area contributed by atoms with Gasteiger partial charge in [0.25, 0.3) is 0 Å². The van der Waals surface area contributed by atoms with Crippen molar-refractivity contribution in [1.82, 2.24) is 0 Å². The second-order valence-electron chi connectivity index (χ2n) is 9.21. The lowest BCUT2D eigenvalue weighted by atomic mass is 9.47. The molecule has 2 saturated heterocycles. The largest absolute Gasteiger partial charge is 0.463 e. The standard InChI is InChI=1S/C20H30O7Si/c1-5-28(6-2,7-3)27-14-10-18-11-15(22)26-19(18,9-8-13(18)21)17(4)12-25-16(23)20(14,17)24/h14,24H,5-12H2,1-4H3/t14-,17+,18-,19-,20-/m1/s1. The minimum Gasteiger partial charge on any atom is -0.463 e. The van der Waals surface area contributed by atoms with Crippen LogP contribution in [0.25, 0.3) is 0 Å². The van der Waals surface area contributed by atoms with E-state index in [9.17, 15) is 19.5 Å². The highest BCUT2D eigenvalue weighted by Gasteiger charge is 2.86. The van der Waals surface area contributed by atoms with Gasteiger partial charge in [0.15, 0.2) is 13.9 Å². The molecule has 4 fully saturated rings. The normalized spacial score (nSPS) is 44.8. The first-order chi connectivity index (χ1) is 13.1. The SMILES string of the molecule is CC[Si](CC)(CC)O[C@@H]1C[C@]23CC(=O)O[C@]2(CCC3=O)[C@]2(C)COC(=O)[C@]12O. The molecule has 0 aromatic rings. The van der Waals surface area contributed by atoms with Gasteiger partial charge in [0, 0.05) is 6.42 Å². The van der Waals surface area contributed by atoms with E-state index in [1.54, 1.807) is 6.92 Å². The van der Waals surface area contributed by atoms with Crippen molar-refractivity contribution in [3.05, 3.63) is 0 Å². The van der Waals surface area contributed by atoms with Gasteiger partial charge in [-0.3, -0.25) is 9.59 Å². The zero-order valence-corrected chi connectivity index (χ0v) is 18.1. The van der Waals surface area contributed by atoms with E-state index in [0.717, 1.165) is 18.1 Å². The summed E-state index contributed by atoms with van der Waals surface area (Å²) in [6, 6.07) is 2.54. The number of hydrogen-bond donors (Lipinski definition) is 1. The van der Waals surface area contributed by atoms with Crippen molar-refractivity contribution in [3.63, 3.8) is 0 Å². The van der Waals surface area contributed by atoms with Gasteiger partial charge in [-0.1, -0.05) is 20.8 Å². The number of ether oxygens (including phenoxy) is 2. The van der Waals surface area contributed by atoms with Crippen molar-refractivity contribution in [2.45, 2.75) is 88.8 Å². The first kappa shape index (κ1) is 20.0. The maximum absolute atomic E-state index is 13.1. The molecule has 0 aromatic heterocycles. The van der Waals surface area contributed by atoms with Gasteiger partial charge in [0.05, 0.1) is 23.4 Å². The van der Waals surface area contributed by atoms with Crippen molar-refractivity contribution in [3.8, 4) is 0 Å². The summed E-state index contributed by atoms with van der Waals surface area (Å²) in [5.74, 6) is -1.19. The van der Waals surface area contributed by atoms with Crippen LogP contribution in [0.4, 0.5) is 0 Å². The fraction of sp³-hybridized carbons (Fsp3) is 0.850. The van der Waals surface area contributed by atoms with Crippen LogP contribution >= 0.6 is 0 Å². The number of fused-ring (bicyclic) bond motifs is 1. The smallest absolute Gasteiger partial charge is 0.341 e. The van der Waals surface area contributed by atoms with E-state index in [4.69, 9.17) is 13.9 Å². The van der Waals surface area contributed by atoms with Crippen LogP contribution in [0.15, 0.2) is 0 Å². The fourth-order valence-electron chi connectivity index (χ4n) is 6.59. The number of aliphatic hydroxyl groups is 1. The van der Waals surface area contributed by atoms with E-state index in [-0.39, 0.29) is 31.7 Å². The summed E-state index contributed by atoms with van der Waals surface area (Å²) in [4.78, 5) is 38.4. The summed E-state index contributed by atoms with van der Waals surface area (Å²) in [6.45, 7) is 7.87. The Morgan fingerprint density at radius 1 is 1.18 bits per heavy atom. The number of hydrogen-bond acceptors (Lipinski definition) is 7. The van der Waals surface area contributed by atoms with Gasteiger partial charge in [-0.2, -0.15) is 0 Å². The summed E-state index contributed by atoms with van der Waals surface area (Å²) < 4.78 is 17.8. The summed E-state index contributed by atoms with van der Waals surface area (Å²) in [7, 11) is -2.21. The van der Waals surface area contributed by atoms with Gasteiger partial charge in [-0.05, 0) is 37.9 Å². The molecule has 0 bridgehead atoms. The lowest BCUT2D eigenvalue weighted by molar-refractivity contribution is -0.252. The van der Waals surface area contributed by atoms with Crippen LogP contribution in [0, 0.1) is 10.8 Å². The van der Waals surface area contributed by atoms with Crippen molar-refractivity contribution in [2.75, 3.05) is 6.61 Å². The Balaban J connectivity index is 1.89. The highest BCUT2D eigenvalue weighted by Crippen LogP contribution is 2.71. The average molecular weight is 411 g/mol. The van der Waals surface area contributed by atoms with E-state index in [1.165, 1.54) is 0 Å². The molecule has 156 valence electrons. The minimum absolute atomic E-state index is 0.00944. The van der Waals surface area contributed by atoms with Gasteiger partial charge < -0.3 is 19.0 Å². The Hall–Kier alpha value is -1.25. The van der Waals surface area contributed by atoms with E-state index in [2.05, 4.69) is 20.8 Å². The second kappa shape index (κ2) is 5.89. The van der Waals surface area contributed by atoms with Gasteiger partial charge in [-0.15, -0.1) is 0 Å². The number of esters is 2. The predicted octanol–water partition coefficient (Wildman–Crippen LogP) is 2.11. The van der Waals surface area contributed by atoms with E-state index in [0.29, 0.717) is 6.42 Å². The molecule has 4 aliphatic rings. The van der Waals surface area contributed by atoms with Crippen LogP contribution in [0.5, 0.6) is 0 Å². The minimum atomic E-state index is -2.21. The molecule has 7 nitrogen and oxygen atoms in total. The van der Waals surface area contributed by atoms with E-state index >= 15 is 0 Å². The fourth-order valence-corrected chi connectivity index (χ4v) is 9.44. The number of ketones is 1. The molecule has 2 aliphatic heterocycles. The number of carbonyl (C=O) groups excluding carboxylic acids is 3. The van der Waals surface area contributed by atoms with E-state index in [1.807, 2.05) is 0 Å². The first-order valence-corrected chi connectivity index (χ1v) is 13.0. The zero-order chi connectivity index (χ0) is 20.6. The summed E-state index contributed by atoms with van der Waals surface area (Å²) in [5.41, 5.74) is -5.39. The summed E-state index contributed by atoms with van der Waals surface area (Å²) >= 11 is 0. The molecule has 8 heteroatoms. The molecule has 5 atom stereocenters. The summed E-state index contributed by atoms with van der Waals surface area (Å²) in [5, 5.41) is 11.8. The highest BCUT2D eigenvalue weighted by atomic mass is 28.4. The van der Waals surface area contributed by atoms with Gasteiger partial charge >= 0.3 is 11.9 Å². The molecule has 0 unspecified atom stereocenters. The third-order valence-electron chi connectivity index (χ3n) is 8.61. The predicted molar refractivity (Wildman–Crippen MR) is 101 cm³/mol. The Bertz CT molecular complexity index is 741. The molecule has 28 heavy (non-hydrogen) atoms. The van der Waals surface area contributed by atoms with Gasteiger partial charge in [0.1, 0.15) is 18.0 Å². The molecular formula is C20H30O7Si. The lowest BCUT2D eigenvalue weighted by Crippen LogP contribution is -2.75. The number of cyclic esters (lactones) is 1. The van der Waals surface area contributed by atoms with Gasteiger partial charge in [-0.25, -0.2) is 4.79 Å². The molecule has 0 radical (unpaired) electrons. The third kappa shape index (κ3) is 1.94. The first-order valence-electron chi connectivity index (χ1n) is 10.4. The maximum atomic E-state index is 13.1. The molecule has 1 N–H and O–H groups in total. The van der Waals surface area contributed by atoms with Gasteiger partial charge in [0.2, 0.25) is 0 Å². The van der Waals surface area contributed by atoms with Crippen LogP contribution in [-0.2, 0) is 28.3 Å². The third-order valence-corrected chi connectivity index (χ3v) is 13.3. The number of Topliss-reactive ketones (excluding diaryl/α,β-unsaturated/α-hetero) is 1. The molecule has 2 heterocycles. The Morgan fingerprint density at radius 2 is 1.82 bits per heavy atom. The maximum Gasteiger partial charge on any atom is 0.341 e. The number of carbonyl (C=O) groups is 3. The Morgan fingerprint density at radius 3 is 2.43 bits per heavy atom. The van der Waals surface area contributed by atoms with Crippen LogP contribution in [-0.4, -0.2) is 55.1 Å². The quantitative estimate of drug-likeness (QED) is 0.547. The molecule has 4 rings (SSSR count). The van der Waals surface area contributed by atoms with Crippen LogP contribution in [0.1, 0.15) is 53.4 Å². The second-order valence-corrected chi connectivity index (χ2v) is 13.9. The van der Waals surface area contributed by atoms with Crippen molar-refractivity contribution >= 4 is 26.0 Å². The lowest BCUT2D eigenvalue weighted by Gasteiger charge is -2.59.